The lowest BCUT2D eigenvalue weighted by molar-refractivity contribution is -0.129. The van der Waals surface area contributed by atoms with Crippen molar-refractivity contribution < 1.29 is 4.79 Å². The lowest BCUT2D eigenvalue weighted by Gasteiger charge is -2.37. The fourth-order valence-electron chi connectivity index (χ4n) is 2.36. The van der Waals surface area contributed by atoms with E-state index in [4.69, 9.17) is 11.6 Å². The number of amides is 1. The monoisotopic (exact) mass is 345 g/mol. The zero-order valence-electron chi connectivity index (χ0n) is 11.1. The number of halogens is 2. The fraction of sp³-hybridized carbons (Fsp3) is 0.538. The average molecular weight is 347 g/mol. The summed E-state index contributed by atoms with van der Waals surface area (Å²) in [7, 11) is 1.87. The second-order valence-corrected chi connectivity index (χ2v) is 6.13. The Kier molecular flexibility index (Phi) is 4.68. The van der Waals surface area contributed by atoms with Gasteiger partial charge in [0.15, 0.2) is 0 Å². The number of rotatable bonds is 2. The minimum Gasteiger partial charge on any atom is -0.355 e. The highest BCUT2D eigenvalue weighted by molar-refractivity contribution is 9.10. The standard InChI is InChI=1S/C13H17BrClN3O/c1-9(19)17(2)11-3-5-18(6-4-11)13-12(15)7-10(14)8-16-13/h7-8,11H,3-6H2,1-2H3. The number of aromatic nitrogens is 1. The first kappa shape index (κ1) is 14.6. The van der Waals surface area contributed by atoms with E-state index in [9.17, 15) is 4.79 Å². The molecule has 0 aliphatic carbocycles. The van der Waals surface area contributed by atoms with Crippen molar-refractivity contribution in [1.29, 1.82) is 0 Å². The normalized spacial score (nSPS) is 16.5. The molecule has 0 aromatic carbocycles. The van der Waals surface area contributed by atoms with Gasteiger partial charge in [0.05, 0.1) is 5.02 Å². The van der Waals surface area contributed by atoms with Gasteiger partial charge in [-0.25, -0.2) is 4.98 Å². The molecule has 1 saturated heterocycles. The van der Waals surface area contributed by atoms with E-state index in [1.807, 2.05) is 18.0 Å². The Hall–Kier alpha value is -0.810. The summed E-state index contributed by atoms with van der Waals surface area (Å²) in [5.74, 6) is 0.951. The molecule has 1 aliphatic rings. The molecule has 104 valence electrons. The van der Waals surface area contributed by atoms with Crippen LogP contribution in [0.15, 0.2) is 16.7 Å². The molecule has 6 heteroatoms. The summed E-state index contributed by atoms with van der Waals surface area (Å²) in [6, 6.07) is 2.18. The summed E-state index contributed by atoms with van der Waals surface area (Å²) in [5, 5.41) is 0.660. The Labute approximate surface area is 126 Å². The molecule has 1 aromatic heterocycles. The number of pyridine rings is 1. The Morgan fingerprint density at radius 3 is 2.68 bits per heavy atom. The highest BCUT2D eigenvalue weighted by Crippen LogP contribution is 2.29. The van der Waals surface area contributed by atoms with Gasteiger partial charge in [0, 0.05) is 43.8 Å². The van der Waals surface area contributed by atoms with Gasteiger partial charge in [-0.1, -0.05) is 11.6 Å². The average Bonchev–Trinajstić information content (AvgIpc) is 2.38. The summed E-state index contributed by atoms with van der Waals surface area (Å²) in [4.78, 5) is 19.7. The maximum absolute atomic E-state index is 11.4. The summed E-state index contributed by atoms with van der Waals surface area (Å²) in [5.41, 5.74) is 0. The van der Waals surface area contributed by atoms with Gasteiger partial charge < -0.3 is 9.80 Å². The molecule has 0 N–H and O–H groups in total. The molecule has 0 unspecified atom stereocenters. The van der Waals surface area contributed by atoms with Crippen molar-refractivity contribution in [3.8, 4) is 0 Å². The Morgan fingerprint density at radius 1 is 1.53 bits per heavy atom. The van der Waals surface area contributed by atoms with Crippen LogP contribution in [0.3, 0.4) is 0 Å². The predicted molar refractivity (Wildman–Crippen MR) is 80.6 cm³/mol. The second-order valence-electron chi connectivity index (χ2n) is 4.81. The highest BCUT2D eigenvalue weighted by Gasteiger charge is 2.25. The van der Waals surface area contributed by atoms with Crippen LogP contribution in [-0.2, 0) is 4.79 Å². The number of anilines is 1. The van der Waals surface area contributed by atoms with E-state index in [1.165, 1.54) is 0 Å². The molecular weight excluding hydrogens is 330 g/mol. The number of piperidine rings is 1. The maximum Gasteiger partial charge on any atom is 0.219 e. The largest absolute Gasteiger partial charge is 0.355 e. The fourth-order valence-corrected chi connectivity index (χ4v) is 3.11. The number of carbonyl (C=O) groups excluding carboxylic acids is 1. The molecule has 0 bridgehead atoms. The Morgan fingerprint density at radius 2 is 2.16 bits per heavy atom. The molecule has 2 heterocycles. The molecule has 1 aromatic rings. The summed E-state index contributed by atoms with van der Waals surface area (Å²) in [6.45, 7) is 3.35. The van der Waals surface area contributed by atoms with Gasteiger partial charge in [-0.3, -0.25) is 4.79 Å². The van der Waals surface area contributed by atoms with Crippen LogP contribution in [0.25, 0.3) is 0 Å². The third-order valence-corrected chi connectivity index (χ3v) is 4.31. The molecule has 4 nitrogen and oxygen atoms in total. The third kappa shape index (κ3) is 3.39. The first-order chi connectivity index (χ1) is 8.99. The summed E-state index contributed by atoms with van der Waals surface area (Å²) >= 11 is 9.57. The molecule has 1 amide bonds. The van der Waals surface area contributed by atoms with Crippen molar-refractivity contribution in [3.05, 3.63) is 21.8 Å². The van der Waals surface area contributed by atoms with Crippen LogP contribution in [0.5, 0.6) is 0 Å². The van der Waals surface area contributed by atoms with Gasteiger partial charge in [-0.15, -0.1) is 0 Å². The van der Waals surface area contributed by atoms with E-state index in [2.05, 4.69) is 25.8 Å². The first-order valence-corrected chi connectivity index (χ1v) is 7.45. The van der Waals surface area contributed by atoms with Crippen LogP contribution in [0.1, 0.15) is 19.8 Å². The van der Waals surface area contributed by atoms with Crippen LogP contribution in [0, 0.1) is 0 Å². The second kappa shape index (κ2) is 6.09. The number of nitrogens with zero attached hydrogens (tertiary/aromatic N) is 3. The van der Waals surface area contributed by atoms with Crippen LogP contribution in [-0.4, -0.2) is 42.0 Å². The predicted octanol–water partition coefficient (Wildman–Crippen LogP) is 2.94. The van der Waals surface area contributed by atoms with Gasteiger partial charge in [0.2, 0.25) is 5.91 Å². The molecule has 0 radical (unpaired) electrons. The third-order valence-electron chi connectivity index (χ3n) is 3.60. The first-order valence-electron chi connectivity index (χ1n) is 6.28. The number of hydrogen-bond acceptors (Lipinski definition) is 3. The van der Waals surface area contributed by atoms with Gasteiger partial charge >= 0.3 is 0 Å². The summed E-state index contributed by atoms with van der Waals surface area (Å²) < 4.78 is 0.882. The molecule has 1 fully saturated rings. The van der Waals surface area contributed by atoms with Gasteiger partial charge in [0.1, 0.15) is 5.82 Å². The molecular formula is C13H17BrClN3O. The van der Waals surface area contributed by atoms with Crippen LogP contribution >= 0.6 is 27.5 Å². The number of hydrogen-bond donors (Lipinski definition) is 0. The topological polar surface area (TPSA) is 36.4 Å². The zero-order chi connectivity index (χ0) is 14.0. The van der Waals surface area contributed by atoms with E-state index < -0.39 is 0 Å². The van der Waals surface area contributed by atoms with Gasteiger partial charge in [-0.05, 0) is 34.8 Å². The van der Waals surface area contributed by atoms with E-state index >= 15 is 0 Å². The van der Waals surface area contributed by atoms with Crippen molar-refractivity contribution in [2.45, 2.75) is 25.8 Å². The van der Waals surface area contributed by atoms with Crippen LogP contribution in [0.2, 0.25) is 5.02 Å². The minimum absolute atomic E-state index is 0.123. The van der Waals surface area contributed by atoms with Crippen LogP contribution < -0.4 is 4.90 Å². The maximum atomic E-state index is 11.4. The highest BCUT2D eigenvalue weighted by atomic mass is 79.9. The molecule has 0 spiro atoms. The zero-order valence-corrected chi connectivity index (χ0v) is 13.4. The van der Waals surface area contributed by atoms with Crippen molar-refractivity contribution in [2.24, 2.45) is 0 Å². The minimum atomic E-state index is 0.123. The molecule has 19 heavy (non-hydrogen) atoms. The lowest BCUT2D eigenvalue weighted by Crippen LogP contribution is -2.45. The van der Waals surface area contributed by atoms with E-state index in [0.29, 0.717) is 11.1 Å². The molecule has 0 atom stereocenters. The van der Waals surface area contributed by atoms with Gasteiger partial charge in [-0.2, -0.15) is 0 Å². The van der Waals surface area contributed by atoms with Crippen molar-refractivity contribution >= 4 is 39.3 Å². The van der Waals surface area contributed by atoms with E-state index in [0.717, 1.165) is 36.2 Å². The molecule has 2 rings (SSSR count). The van der Waals surface area contributed by atoms with E-state index in [1.54, 1.807) is 13.1 Å². The number of carbonyl (C=O) groups is 1. The Balaban J connectivity index is 2.02. The quantitative estimate of drug-likeness (QED) is 0.826. The van der Waals surface area contributed by atoms with Crippen molar-refractivity contribution in [3.63, 3.8) is 0 Å². The van der Waals surface area contributed by atoms with Crippen molar-refractivity contribution in [1.82, 2.24) is 9.88 Å². The summed E-state index contributed by atoms with van der Waals surface area (Å²) in [6.07, 6.45) is 3.66. The Bertz CT molecular complexity index is 475. The van der Waals surface area contributed by atoms with Gasteiger partial charge in [0.25, 0.3) is 0 Å². The smallest absolute Gasteiger partial charge is 0.219 e. The lowest BCUT2D eigenvalue weighted by atomic mass is 10.0. The molecule has 0 saturated carbocycles. The van der Waals surface area contributed by atoms with Crippen molar-refractivity contribution in [2.75, 3.05) is 25.0 Å². The molecule has 1 aliphatic heterocycles. The van der Waals surface area contributed by atoms with E-state index in [-0.39, 0.29) is 5.91 Å². The van der Waals surface area contributed by atoms with Crippen LogP contribution in [0.4, 0.5) is 5.82 Å². The SMILES string of the molecule is CC(=O)N(C)C1CCN(c2ncc(Br)cc2Cl)CC1.